The van der Waals surface area contributed by atoms with Crippen LogP contribution in [-0.2, 0) is 6.42 Å². The van der Waals surface area contributed by atoms with Gasteiger partial charge >= 0.3 is 0 Å². The topological polar surface area (TPSA) is 34.6 Å². The Morgan fingerprint density at radius 3 is 2.48 bits per heavy atom. The highest BCUT2D eigenvalue weighted by atomic mass is 127. The standard InChI is InChI=1S/C15H21ClN4.HI/c1-19(2)15(20(3)4)17-8-7-11-10-18-14-6-5-12(16)9-13(11)14;/h5-6,9-10,18H,7-8H2,1-4H3;1H. The molecule has 1 heterocycles. The monoisotopic (exact) mass is 420 g/mol. The van der Waals surface area contributed by atoms with Crippen molar-refractivity contribution in [3.8, 4) is 0 Å². The van der Waals surface area contributed by atoms with Crippen LogP contribution in [0.4, 0.5) is 0 Å². The van der Waals surface area contributed by atoms with Gasteiger partial charge in [-0.3, -0.25) is 4.99 Å². The molecule has 1 aromatic heterocycles. The quantitative estimate of drug-likeness (QED) is 0.469. The van der Waals surface area contributed by atoms with E-state index in [1.54, 1.807) is 0 Å². The molecule has 2 aromatic rings. The zero-order valence-electron chi connectivity index (χ0n) is 12.9. The maximum Gasteiger partial charge on any atom is 0.195 e. The van der Waals surface area contributed by atoms with E-state index < -0.39 is 0 Å². The minimum Gasteiger partial charge on any atom is -0.361 e. The highest BCUT2D eigenvalue weighted by Gasteiger charge is 2.06. The van der Waals surface area contributed by atoms with E-state index >= 15 is 0 Å². The molecule has 1 aromatic carbocycles. The summed E-state index contributed by atoms with van der Waals surface area (Å²) in [6, 6.07) is 5.92. The van der Waals surface area contributed by atoms with E-state index in [9.17, 15) is 0 Å². The summed E-state index contributed by atoms with van der Waals surface area (Å²) in [6.07, 6.45) is 2.94. The first-order chi connectivity index (χ1) is 9.49. The van der Waals surface area contributed by atoms with Gasteiger partial charge in [0.1, 0.15) is 0 Å². The van der Waals surface area contributed by atoms with Crippen molar-refractivity contribution >= 4 is 52.4 Å². The Kier molecular flexibility index (Phi) is 6.80. The van der Waals surface area contributed by atoms with Crippen LogP contribution < -0.4 is 0 Å². The van der Waals surface area contributed by atoms with E-state index in [1.807, 2.05) is 62.4 Å². The zero-order valence-corrected chi connectivity index (χ0v) is 15.9. The molecule has 0 aliphatic rings. The van der Waals surface area contributed by atoms with E-state index in [0.717, 1.165) is 29.5 Å². The number of benzene rings is 1. The van der Waals surface area contributed by atoms with Crippen LogP contribution in [0.3, 0.4) is 0 Å². The van der Waals surface area contributed by atoms with Crippen molar-refractivity contribution in [3.63, 3.8) is 0 Å². The van der Waals surface area contributed by atoms with Crippen LogP contribution in [0.5, 0.6) is 0 Å². The highest BCUT2D eigenvalue weighted by molar-refractivity contribution is 14.0. The number of halogens is 2. The van der Waals surface area contributed by atoms with E-state index in [2.05, 4.69) is 9.98 Å². The van der Waals surface area contributed by atoms with Gasteiger partial charge in [0.05, 0.1) is 0 Å². The molecular formula is C15H22ClIN4. The average Bonchev–Trinajstić information content (AvgIpc) is 2.76. The van der Waals surface area contributed by atoms with Crippen molar-refractivity contribution in [1.82, 2.24) is 14.8 Å². The third kappa shape index (κ3) is 4.51. The Bertz CT molecular complexity index is 609. The molecule has 0 aliphatic carbocycles. The molecule has 2 rings (SSSR count). The van der Waals surface area contributed by atoms with Gasteiger partial charge in [-0.1, -0.05) is 11.6 Å². The highest BCUT2D eigenvalue weighted by Crippen LogP contribution is 2.22. The van der Waals surface area contributed by atoms with Gasteiger partial charge < -0.3 is 14.8 Å². The molecule has 0 atom stereocenters. The van der Waals surface area contributed by atoms with Crippen LogP contribution in [0.15, 0.2) is 29.4 Å². The van der Waals surface area contributed by atoms with Crippen molar-refractivity contribution in [3.05, 3.63) is 35.0 Å². The lowest BCUT2D eigenvalue weighted by molar-refractivity contribution is 0.479. The van der Waals surface area contributed by atoms with Crippen molar-refractivity contribution in [1.29, 1.82) is 0 Å². The number of aromatic nitrogens is 1. The summed E-state index contributed by atoms with van der Waals surface area (Å²) in [6.45, 7) is 0.755. The third-order valence-corrected chi connectivity index (χ3v) is 3.40. The molecule has 0 radical (unpaired) electrons. The molecule has 4 nitrogen and oxygen atoms in total. The molecule has 1 N–H and O–H groups in total. The minimum absolute atomic E-state index is 0. The molecule has 0 bridgehead atoms. The van der Waals surface area contributed by atoms with Gasteiger partial charge in [0, 0.05) is 56.9 Å². The molecule has 0 aliphatic heterocycles. The third-order valence-electron chi connectivity index (χ3n) is 3.16. The minimum atomic E-state index is 0. The Balaban J connectivity index is 0.00000220. The molecule has 0 unspecified atom stereocenters. The molecular weight excluding hydrogens is 399 g/mol. The number of fused-ring (bicyclic) bond motifs is 1. The van der Waals surface area contributed by atoms with Crippen LogP contribution in [0.1, 0.15) is 5.56 Å². The molecule has 6 heteroatoms. The Labute approximate surface area is 148 Å². The molecule has 0 fully saturated rings. The number of H-pyrrole nitrogens is 1. The second kappa shape index (κ2) is 7.89. The van der Waals surface area contributed by atoms with Crippen molar-refractivity contribution < 1.29 is 0 Å². The summed E-state index contributed by atoms with van der Waals surface area (Å²) in [5.74, 6) is 0.975. The summed E-state index contributed by atoms with van der Waals surface area (Å²) in [4.78, 5) is 12.0. The summed E-state index contributed by atoms with van der Waals surface area (Å²) in [5.41, 5.74) is 2.37. The normalized spacial score (nSPS) is 10.1. The number of guanidine groups is 1. The molecule has 0 amide bonds. The van der Waals surface area contributed by atoms with Gasteiger partial charge in [0.2, 0.25) is 0 Å². The van der Waals surface area contributed by atoms with Crippen LogP contribution in [-0.4, -0.2) is 55.5 Å². The fraction of sp³-hybridized carbons (Fsp3) is 0.400. The number of nitrogens with one attached hydrogen (secondary N) is 1. The number of rotatable bonds is 3. The second-order valence-electron chi connectivity index (χ2n) is 5.22. The first kappa shape index (κ1) is 18.1. The fourth-order valence-corrected chi connectivity index (χ4v) is 2.49. The lowest BCUT2D eigenvalue weighted by atomic mass is 10.1. The van der Waals surface area contributed by atoms with Crippen LogP contribution in [0.25, 0.3) is 10.9 Å². The summed E-state index contributed by atoms with van der Waals surface area (Å²) in [7, 11) is 8.02. The van der Waals surface area contributed by atoms with Crippen LogP contribution >= 0.6 is 35.6 Å². The largest absolute Gasteiger partial charge is 0.361 e. The van der Waals surface area contributed by atoms with Gasteiger partial charge in [0.25, 0.3) is 0 Å². The number of aromatic amines is 1. The number of hydrogen-bond donors (Lipinski definition) is 1. The predicted molar refractivity (Wildman–Crippen MR) is 102 cm³/mol. The molecule has 116 valence electrons. The first-order valence-electron chi connectivity index (χ1n) is 6.63. The smallest absolute Gasteiger partial charge is 0.195 e. The maximum atomic E-state index is 6.06. The fourth-order valence-electron chi connectivity index (χ4n) is 2.32. The molecule has 0 spiro atoms. The number of hydrogen-bond acceptors (Lipinski definition) is 1. The van der Waals surface area contributed by atoms with E-state index in [1.165, 1.54) is 10.9 Å². The maximum absolute atomic E-state index is 6.06. The van der Waals surface area contributed by atoms with Crippen molar-refractivity contribution in [2.24, 2.45) is 4.99 Å². The van der Waals surface area contributed by atoms with Gasteiger partial charge in [-0.15, -0.1) is 24.0 Å². The predicted octanol–water partition coefficient (Wildman–Crippen LogP) is 3.46. The number of aliphatic imine (C=N–C) groups is 1. The Morgan fingerprint density at radius 2 is 1.86 bits per heavy atom. The summed E-state index contributed by atoms with van der Waals surface area (Å²) >= 11 is 6.06. The van der Waals surface area contributed by atoms with Gasteiger partial charge in [-0.2, -0.15) is 0 Å². The zero-order chi connectivity index (χ0) is 14.7. The van der Waals surface area contributed by atoms with Gasteiger partial charge in [0.15, 0.2) is 5.96 Å². The van der Waals surface area contributed by atoms with Crippen LogP contribution in [0, 0.1) is 0 Å². The summed E-state index contributed by atoms with van der Waals surface area (Å²) in [5, 5.41) is 1.95. The lowest BCUT2D eigenvalue weighted by Crippen LogP contribution is -2.35. The SMILES string of the molecule is CN(C)C(=NCCc1c[nH]c2ccc(Cl)cc12)N(C)C.I. The van der Waals surface area contributed by atoms with E-state index in [4.69, 9.17) is 11.6 Å². The second-order valence-corrected chi connectivity index (χ2v) is 5.66. The van der Waals surface area contributed by atoms with Gasteiger partial charge in [-0.25, -0.2) is 0 Å². The number of nitrogens with zero attached hydrogens (tertiary/aromatic N) is 3. The molecule has 0 saturated heterocycles. The lowest BCUT2D eigenvalue weighted by Gasteiger charge is -2.22. The average molecular weight is 421 g/mol. The Morgan fingerprint density at radius 1 is 1.19 bits per heavy atom. The molecule has 21 heavy (non-hydrogen) atoms. The van der Waals surface area contributed by atoms with E-state index in [-0.39, 0.29) is 24.0 Å². The van der Waals surface area contributed by atoms with Gasteiger partial charge in [-0.05, 0) is 30.2 Å². The van der Waals surface area contributed by atoms with Crippen molar-refractivity contribution in [2.45, 2.75) is 6.42 Å². The summed E-state index contributed by atoms with van der Waals surface area (Å²) < 4.78 is 0. The first-order valence-corrected chi connectivity index (χ1v) is 7.01. The van der Waals surface area contributed by atoms with E-state index in [0.29, 0.717) is 0 Å². The van der Waals surface area contributed by atoms with Crippen LogP contribution in [0.2, 0.25) is 5.02 Å². The van der Waals surface area contributed by atoms with Crippen molar-refractivity contribution in [2.75, 3.05) is 34.7 Å². The molecule has 0 saturated carbocycles. The Hall–Kier alpha value is -0.950.